The molecule has 0 radical (unpaired) electrons. The van der Waals surface area contributed by atoms with Gasteiger partial charge < -0.3 is 14.8 Å². The van der Waals surface area contributed by atoms with Gasteiger partial charge in [-0.15, -0.1) is 0 Å². The molecule has 1 N–H and O–H groups in total. The van der Waals surface area contributed by atoms with Crippen LogP contribution in [0.4, 0.5) is 11.6 Å². The number of halogens is 1. The Morgan fingerprint density at radius 2 is 1.73 bits per heavy atom. The number of carbonyl (C=O) groups excluding carboxylic acids is 1. The van der Waals surface area contributed by atoms with Crippen molar-refractivity contribution in [1.82, 2.24) is 24.1 Å². The number of methoxy groups -OCH3 is 1. The maximum Gasteiger partial charge on any atom is 0.358 e. The van der Waals surface area contributed by atoms with Gasteiger partial charge in [0.25, 0.3) is 0 Å². The topological polar surface area (TPSA) is 130 Å². The summed E-state index contributed by atoms with van der Waals surface area (Å²) in [6.07, 6.45) is 2.56. The Morgan fingerprint density at radius 3 is 2.32 bits per heavy atom. The van der Waals surface area contributed by atoms with Gasteiger partial charge in [-0.25, -0.2) is 28.9 Å². The highest BCUT2D eigenvalue weighted by atomic mass is 35.5. The molecule has 4 aromatic rings. The highest BCUT2D eigenvalue weighted by molar-refractivity contribution is 6.30. The van der Waals surface area contributed by atoms with Gasteiger partial charge >= 0.3 is 17.3 Å². The van der Waals surface area contributed by atoms with Crippen LogP contribution in [0.3, 0.4) is 0 Å². The molecular formula is C25H23ClN6O5. The molecule has 0 bridgehead atoms. The summed E-state index contributed by atoms with van der Waals surface area (Å²) >= 11 is 5.99. The number of nitrogens with zero attached hydrogens (tertiary/aromatic N) is 5. The van der Waals surface area contributed by atoms with Gasteiger partial charge in [-0.1, -0.05) is 23.7 Å². The number of aromatic nitrogens is 5. The third-order valence-corrected chi connectivity index (χ3v) is 5.48. The van der Waals surface area contributed by atoms with Crippen LogP contribution < -0.4 is 21.4 Å². The molecule has 0 aliphatic heterocycles. The number of carbonyl (C=O) groups is 1. The lowest BCUT2D eigenvalue weighted by atomic mass is 10.2. The average molecular weight is 523 g/mol. The Morgan fingerprint density at radius 1 is 1.03 bits per heavy atom. The molecule has 2 heterocycles. The first-order valence-corrected chi connectivity index (χ1v) is 11.6. The largest absolute Gasteiger partial charge is 0.464 e. The number of ether oxygens (including phenoxy) is 2. The van der Waals surface area contributed by atoms with Gasteiger partial charge in [-0.05, 0) is 55.8 Å². The van der Waals surface area contributed by atoms with Crippen LogP contribution in [0.2, 0.25) is 5.02 Å². The Labute approximate surface area is 216 Å². The smallest absolute Gasteiger partial charge is 0.358 e. The first-order valence-electron chi connectivity index (χ1n) is 11.2. The fourth-order valence-corrected chi connectivity index (χ4v) is 3.52. The quantitative estimate of drug-likeness (QED) is 0.343. The second-order valence-electron chi connectivity index (χ2n) is 8.16. The molecule has 4 rings (SSSR count). The molecule has 0 amide bonds. The molecule has 0 aliphatic rings. The van der Waals surface area contributed by atoms with Crippen LogP contribution in [0.5, 0.6) is 11.6 Å². The molecule has 0 fully saturated rings. The van der Waals surface area contributed by atoms with E-state index < -0.39 is 17.3 Å². The maximum absolute atomic E-state index is 13.2. The third kappa shape index (κ3) is 6.01. The van der Waals surface area contributed by atoms with E-state index in [4.69, 9.17) is 16.3 Å². The van der Waals surface area contributed by atoms with Crippen LogP contribution in [0, 0.1) is 0 Å². The normalized spacial score (nSPS) is 10.8. The molecule has 0 atom stereocenters. The molecule has 12 heteroatoms. The summed E-state index contributed by atoms with van der Waals surface area (Å²) in [6, 6.07) is 13.4. The van der Waals surface area contributed by atoms with Gasteiger partial charge in [0, 0.05) is 16.8 Å². The van der Waals surface area contributed by atoms with Crippen LogP contribution in [0.15, 0.2) is 70.5 Å². The number of hydrogen-bond acceptors (Lipinski definition) is 9. The molecule has 11 nitrogen and oxygen atoms in total. The highest BCUT2D eigenvalue weighted by Gasteiger charge is 2.16. The van der Waals surface area contributed by atoms with Crippen molar-refractivity contribution in [2.24, 2.45) is 0 Å². The first kappa shape index (κ1) is 25.6. The Balaban J connectivity index is 1.58. The summed E-state index contributed by atoms with van der Waals surface area (Å²) in [5.74, 6) is 0.134. The molecule has 190 valence electrons. The minimum absolute atomic E-state index is 0.0611. The molecule has 0 aliphatic carbocycles. The van der Waals surface area contributed by atoms with Gasteiger partial charge in [0.05, 0.1) is 26.0 Å². The van der Waals surface area contributed by atoms with E-state index in [2.05, 4.69) is 25.0 Å². The Kier molecular flexibility index (Phi) is 7.63. The fourth-order valence-electron chi connectivity index (χ4n) is 3.39. The Bertz CT molecular complexity index is 1510. The zero-order valence-corrected chi connectivity index (χ0v) is 21.0. The lowest BCUT2D eigenvalue weighted by molar-refractivity contribution is 0.0593. The van der Waals surface area contributed by atoms with Crippen LogP contribution in [0.1, 0.15) is 35.9 Å². The van der Waals surface area contributed by atoms with Gasteiger partial charge in [-0.3, -0.25) is 4.57 Å². The minimum atomic E-state index is -0.649. The lowest BCUT2D eigenvalue weighted by Gasteiger charge is -2.17. The molecular weight excluding hydrogens is 500 g/mol. The van der Waals surface area contributed by atoms with Crippen LogP contribution in [0.25, 0.3) is 0 Å². The summed E-state index contributed by atoms with van der Waals surface area (Å²) in [5.41, 5.74) is 0.308. The standard InChI is InChI=1S/C25H23ClN6O5/c1-15(2)32-24(34)30-23(31(25(32)35)14-16-4-6-17(26)7-5-16)29-18-8-10-19(11-9-18)37-21-13-27-20(12-28-21)22(33)36-3/h4-13,15H,14H2,1-3H3,(H,29,30,34). The van der Waals surface area contributed by atoms with Crippen molar-refractivity contribution in [2.75, 3.05) is 12.4 Å². The summed E-state index contributed by atoms with van der Waals surface area (Å²) in [6.45, 7) is 3.67. The number of esters is 1. The van der Waals surface area contributed by atoms with E-state index in [0.717, 1.165) is 10.1 Å². The van der Waals surface area contributed by atoms with Crippen molar-refractivity contribution in [3.63, 3.8) is 0 Å². The van der Waals surface area contributed by atoms with E-state index in [1.807, 2.05) is 0 Å². The summed E-state index contributed by atoms with van der Waals surface area (Å²) in [7, 11) is 1.26. The van der Waals surface area contributed by atoms with Gasteiger partial charge in [0.15, 0.2) is 5.69 Å². The number of benzene rings is 2. The molecule has 0 spiro atoms. The third-order valence-electron chi connectivity index (χ3n) is 5.23. The molecule has 0 saturated carbocycles. The van der Waals surface area contributed by atoms with Gasteiger partial charge in [-0.2, -0.15) is 4.98 Å². The zero-order chi connectivity index (χ0) is 26.5. The van der Waals surface area contributed by atoms with E-state index in [9.17, 15) is 14.4 Å². The molecule has 0 saturated heterocycles. The monoisotopic (exact) mass is 522 g/mol. The second kappa shape index (κ2) is 11.0. The predicted molar refractivity (Wildman–Crippen MR) is 137 cm³/mol. The SMILES string of the molecule is COC(=O)c1cnc(Oc2ccc(Nc3nc(=O)n(C(C)C)c(=O)n3Cc3ccc(Cl)cc3)cc2)cn1. The number of hydrogen-bond donors (Lipinski definition) is 1. The van der Waals surface area contributed by atoms with E-state index in [1.54, 1.807) is 62.4 Å². The van der Waals surface area contributed by atoms with E-state index in [-0.39, 0.29) is 30.1 Å². The van der Waals surface area contributed by atoms with Crippen molar-refractivity contribution in [3.8, 4) is 11.6 Å². The van der Waals surface area contributed by atoms with E-state index >= 15 is 0 Å². The predicted octanol–water partition coefficient (Wildman–Crippen LogP) is 3.80. The van der Waals surface area contributed by atoms with Crippen LogP contribution in [-0.4, -0.2) is 37.2 Å². The van der Waals surface area contributed by atoms with Crippen molar-refractivity contribution in [3.05, 3.63) is 98.2 Å². The molecule has 0 unspecified atom stereocenters. The van der Waals surface area contributed by atoms with Crippen molar-refractivity contribution < 1.29 is 14.3 Å². The number of nitrogens with one attached hydrogen (secondary N) is 1. The maximum atomic E-state index is 13.2. The van der Waals surface area contributed by atoms with E-state index in [0.29, 0.717) is 16.5 Å². The van der Waals surface area contributed by atoms with Crippen molar-refractivity contribution in [2.45, 2.75) is 26.4 Å². The van der Waals surface area contributed by atoms with E-state index in [1.165, 1.54) is 24.1 Å². The fraction of sp³-hybridized carbons (Fsp3) is 0.200. The first-order chi connectivity index (χ1) is 17.7. The Hall–Kier alpha value is -4.51. The van der Waals surface area contributed by atoms with Gasteiger partial charge in [0.1, 0.15) is 5.75 Å². The number of anilines is 2. The summed E-state index contributed by atoms with van der Waals surface area (Å²) in [4.78, 5) is 49.4. The summed E-state index contributed by atoms with van der Waals surface area (Å²) in [5, 5.41) is 3.62. The molecule has 2 aromatic heterocycles. The molecule has 2 aromatic carbocycles. The lowest BCUT2D eigenvalue weighted by Crippen LogP contribution is -2.43. The van der Waals surface area contributed by atoms with Crippen LogP contribution >= 0.6 is 11.6 Å². The number of rotatable bonds is 8. The second-order valence-corrected chi connectivity index (χ2v) is 8.60. The summed E-state index contributed by atoms with van der Waals surface area (Å²) < 4.78 is 12.7. The molecule has 37 heavy (non-hydrogen) atoms. The average Bonchev–Trinajstić information content (AvgIpc) is 2.88. The zero-order valence-electron chi connectivity index (χ0n) is 20.2. The minimum Gasteiger partial charge on any atom is -0.464 e. The van der Waals surface area contributed by atoms with Crippen molar-refractivity contribution >= 4 is 29.2 Å². The van der Waals surface area contributed by atoms with Gasteiger partial charge in [0.2, 0.25) is 11.8 Å². The van der Waals surface area contributed by atoms with Crippen LogP contribution in [-0.2, 0) is 11.3 Å². The highest BCUT2D eigenvalue weighted by Crippen LogP contribution is 2.23. The van der Waals surface area contributed by atoms with Crippen molar-refractivity contribution in [1.29, 1.82) is 0 Å².